The molecule has 0 atom stereocenters. The van der Waals surface area contributed by atoms with Crippen LogP contribution in [0.4, 0.5) is 0 Å². The fraction of sp³-hybridized carbons (Fsp3) is 0.0667. The molecule has 0 spiro atoms. The summed E-state index contributed by atoms with van der Waals surface area (Å²) in [6.07, 6.45) is 0. The second-order valence-electron chi connectivity index (χ2n) is 4.28. The zero-order chi connectivity index (χ0) is 14.7. The average molecular weight is 319 g/mol. The van der Waals surface area contributed by atoms with Gasteiger partial charge in [0.1, 0.15) is 5.75 Å². The minimum Gasteiger partial charge on any atom is -0.508 e. The molecule has 0 radical (unpaired) electrons. The van der Waals surface area contributed by atoms with Crippen molar-refractivity contribution in [1.82, 2.24) is 10.1 Å². The largest absolute Gasteiger partial charge is 0.508 e. The van der Waals surface area contributed by atoms with Gasteiger partial charge in [-0.15, -0.1) is 11.8 Å². The van der Waals surface area contributed by atoms with E-state index in [2.05, 4.69) is 10.1 Å². The van der Waals surface area contributed by atoms with E-state index in [1.165, 1.54) is 12.1 Å². The van der Waals surface area contributed by atoms with E-state index >= 15 is 0 Å². The summed E-state index contributed by atoms with van der Waals surface area (Å²) >= 11 is 7.69. The second-order valence-corrected chi connectivity index (χ2v) is 5.74. The van der Waals surface area contributed by atoms with Gasteiger partial charge in [0, 0.05) is 4.90 Å². The van der Waals surface area contributed by atoms with Crippen LogP contribution in [0.5, 0.6) is 5.75 Å². The molecule has 0 bridgehead atoms. The van der Waals surface area contributed by atoms with Crippen molar-refractivity contribution >= 4 is 23.4 Å². The summed E-state index contributed by atoms with van der Waals surface area (Å²) in [7, 11) is 0. The van der Waals surface area contributed by atoms with Crippen molar-refractivity contribution in [3.05, 3.63) is 59.4 Å². The van der Waals surface area contributed by atoms with Crippen LogP contribution in [0, 0.1) is 0 Å². The molecule has 0 unspecified atom stereocenters. The highest BCUT2D eigenvalue weighted by atomic mass is 35.5. The highest BCUT2D eigenvalue weighted by molar-refractivity contribution is 7.98. The molecular weight excluding hydrogens is 308 g/mol. The Morgan fingerprint density at radius 3 is 2.76 bits per heavy atom. The Bertz CT molecular complexity index is 746. The summed E-state index contributed by atoms with van der Waals surface area (Å²) in [6, 6.07) is 14.6. The minimum atomic E-state index is 0.104. The maximum atomic E-state index is 9.51. The lowest BCUT2D eigenvalue weighted by Crippen LogP contribution is -1.84. The van der Waals surface area contributed by atoms with Crippen molar-refractivity contribution in [2.45, 2.75) is 10.6 Å². The third-order valence-corrected chi connectivity index (χ3v) is 4.10. The third-order valence-electron chi connectivity index (χ3n) is 2.76. The van der Waals surface area contributed by atoms with E-state index < -0.39 is 0 Å². The number of phenols is 1. The van der Waals surface area contributed by atoms with Gasteiger partial charge in [0.25, 0.3) is 5.89 Å². The number of rotatable bonds is 4. The first kappa shape index (κ1) is 14.0. The van der Waals surface area contributed by atoms with E-state index in [1.54, 1.807) is 17.8 Å². The highest BCUT2D eigenvalue weighted by Crippen LogP contribution is 2.30. The molecule has 0 fully saturated rings. The van der Waals surface area contributed by atoms with Gasteiger partial charge in [-0.1, -0.05) is 35.0 Å². The first-order chi connectivity index (χ1) is 10.2. The number of aromatic hydroxyl groups is 1. The molecular formula is C15H11ClN2O2S. The fourth-order valence-electron chi connectivity index (χ4n) is 1.76. The van der Waals surface area contributed by atoms with Crippen LogP contribution in [0.2, 0.25) is 5.02 Å². The van der Waals surface area contributed by atoms with Crippen LogP contribution in [0.3, 0.4) is 0 Å². The van der Waals surface area contributed by atoms with Crippen molar-refractivity contribution in [3.8, 4) is 17.2 Å². The first-order valence-electron chi connectivity index (χ1n) is 6.22. The van der Waals surface area contributed by atoms with Gasteiger partial charge in [0.15, 0.2) is 5.82 Å². The molecule has 1 N–H and O–H groups in total. The zero-order valence-corrected chi connectivity index (χ0v) is 12.4. The SMILES string of the molecule is Oc1ccc(Cl)c(-c2nc(CSc3ccccc3)no2)c1. The van der Waals surface area contributed by atoms with Gasteiger partial charge in [-0.3, -0.25) is 0 Å². The zero-order valence-electron chi connectivity index (χ0n) is 10.9. The predicted octanol–water partition coefficient (Wildman–Crippen LogP) is 4.39. The Morgan fingerprint density at radius 1 is 1.14 bits per heavy atom. The molecule has 4 nitrogen and oxygen atoms in total. The van der Waals surface area contributed by atoms with Crippen LogP contribution in [0.25, 0.3) is 11.5 Å². The molecule has 0 amide bonds. The number of aromatic nitrogens is 2. The number of thioether (sulfide) groups is 1. The standard InChI is InChI=1S/C15H11ClN2O2S/c16-13-7-6-10(19)8-12(13)15-17-14(18-20-15)9-21-11-4-2-1-3-5-11/h1-8,19H,9H2. The van der Waals surface area contributed by atoms with Gasteiger partial charge in [-0.05, 0) is 30.3 Å². The van der Waals surface area contributed by atoms with Crippen molar-refractivity contribution < 1.29 is 9.63 Å². The maximum Gasteiger partial charge on any atom is 0.259 e. The number of nitrogens with zero attached hydrogens (tertiary/aromatic N) is 2. The summed E-state index contributed by atoms with van der Waals surface area (Å²) in [4.78, 5) is 5.44. The van der Waals surface area contributed by atoms with Crippen LogP contribution in [0.15, 0.2) is 57.9 Å². The van der Waals surface area contributed by atoms with Crippen molar-refractivity contribution in [1.29, 1.82) is 0 Å². The number of hydrogen-bond donors (Lipinski definition) is 1. The Morgan fingerprint density at radius 2 is 1.95 bits per heavy atom. The van der Waals surface area contributed by atoms with Gasteiger partial charge in [-0.2, -0.15) is 4.98 Å². The smallest absolute Gasteiger partial charge is 0.259 e. The molecule has 0 saturated heterocycles. The normalized spacial score (nSPS) is 10.7. The van der Waals surface area contributed by atoms with E-state index in [-0.39, 0.29) is 5.75 Å². The molecule has 0 aliphatic heterocycles. The van der Waals surface area contributed by atoms with Crippen LogP contribution in [-0.2, 0) is 5.75 Å². The van der Waals surface area contributed by atoms with Gasteiger partial charge < -0.3 is 9.63 Å². The summed E-state index contributed by atoms with van der Waals surface area (Å²) in [5.74, 6) is 1.59. The Hall–Kier alpha value is -1.98. The Labute approximate surface area is 130 Å². The fourth-order valence-corrected chi connectivity index (χ4v) is 2.72. The third kappa shape index (κ3) is 3.37. The van der Waals surface area contributed by atoms with Gasteiger partial charge in [0.2, 0.25) is 0 Å². The molecule has 3 rings (SSSR count). The van der Waals surface area contributed by atoms with Crippen molar-refractivity contribution in [2.24, 2.45) is 0 Å². The van der Waals surface area contributed by atoms with Gasteiger partial charge in [0.05, 0.1) is 16.3 Å². The topological polar surface area (TPSA) is 59.2 Å². The lowest BCUT2D eigenvalue weighted by atomic mass is 10.2. The van der Waals surface area contributed by atoms with E-state index in [1.807, 2.05) is 30.3 Å². The van der Waals surface area contributed by atoms with E-state index in [9.17, 15) is 5.11 Å². The van der Waals surface area contributed by atoms with E-state index in [0.29, 0.717) is 28.1 Å². The number of phenolic OH excluding ortho intramolecular Hbond substituents is 1. The quantitative estimate of drug-likeness (QED) is 0.723. The van der Waals surface area contributed by atoms with E-state index in [0.717, 1.165) is 4.90 Å². The Balaban J connectivity index is 1.76. The minimum absolute atomic E-state index is 0.104. The maximum absolute atomic E-state index is 9.51. The van der Waals surface area contributed by atoms with Crippen molar-refractivity contribution in [3.63, 3.8) is 0 Å². The highest BCUT2D eigenvalue weighted by Gasteiger charge is 2.13. The molecule has 0 aliphatic rings. The van der Waals surface area contributed by atoms with Crippen molar-refractivity contribution in [2.75, 3.05) is 0 Å². The molecule has 6 heteroatoms. The first-order valence-corrected chi connectivity index (χ1v) is 7.58. The molecule has 2 aromatic carbocycles. The lowest BCUT2D eigenvalue weighted by Gasteiger charge is -1.99. The number of halogens is 1. The molecule has 21 heavy (non-hydrogen) atoms. The molecule has 0 saturated carbocycles. The summed E-state index contributed by atoms with van der Waals surface area (Å²) in [5, 5.41) is 13.9. The van der Waals surface area contributed by atoms with E-state index in [4.69, 9.17) is 16.1 Å². The molecule has 1 aromatic heterocycles. The number of hydrogen-bond acceptors (Lipinski definition) is 5. The van der Waals surface area contributed by atoms with Gasteiger partial charge >= 0.3 is 0 Å². The summed E-state index contributed by atoms with van der Waals surface area (Å²) in [6.45, 7) is 0. The average Bonchev–Trinajstić information content (AvgIpc) is 2.97. The lowest BCUT2D eigenvalue weighted by molar-refractivity contribution is 0.424. The molecule has 0 aliphatic carbocycles. The molecule has 106 valence electrons. The monoisotopic (exact) mass is 318 g/mol. The van der Waals surface area contributed by atoms with Gasteiger partial charge in [-0.25, -0.2) is 0 Å². The van der Waals surface area contributed by atoms with Crippen LogP contribution in [-0.4, -0.2) is 15.2 Å². The van der Waals surface area contributed by atoms with Crippen LogP contribution >= 0.6 is 23.4 Å². The molecule has 3 aromatic rings. The van der Waals surface area contributed by atoms with Crippen LogP contribution in [0.1, 0.15) is 5.82 Å². The van der Waals surface area contributed by atoms with Crippen LogP contribution < -0.4 is 0 Å². The molecule has 1 heterocycles. The second kappa shape index (κ2) is 6.20. The predicted molar refractivity (Wildman–Crippen MR) is 82.4 cm³/mol. The Kier molecular flexibility index (Phi) is 4.13. The summed E-state index contributed by atoms with van der Waals surface area (Å²) < 4.78 is 5.20. The number of benzene rings is 2. The summed E-state index contributed by atoms with van der Waals surface area (Å²) in [5.41, 5.74) is 0.528.